The molecular weight excluding hydrogens is 302 g/mol. The molecule has 4 heteroatoms. The molecule has 3 aromatic rings. The maximum atomic E-state index is 6.08. The molecule has 0 N–H and O–H groups in total. The molecule has 1 aromatic heterocycles. The molecule has 0 aliphatic carbocycles. The molecule has 0 saturated heterocycles. The Kier molecular flexibility index (Phi) is 4.13. The van der Waals surface area contributed by atoms with E-state index >= 15 is 0 Å². The monoisotopic (exact) mass is 313 g/mol. The number of hydrogen-bond donors (Lipinski definition) is 1. The van der Waals surface area contributed by atoms with Crippen LogP contribution in [0.3, 0.4) is 0 Å². The minimum Gasteiger partial charge on any atom is -0.449 e. The number of rotatable bonds is 3. The quantitative estimate of drug-likeness (QED) is 0.491. The second kappa shape index (κ2) is 6.20. The van der Waals surface area contributed by atoms with E-state index < -0.39 is 0 Å². The minimum atomic E-state index is 0.532. The topological polar surface area (TPSA) is 25.5 Å². The summed E-state index contributed by atoms with van der Waals surface area (Å²) in [5.74, 6) is 0.765. The summed E-state index contributed by atoms with van der Waals surface area (Å²) in [5.41, 5.74) is 2.54. The van der Waals surface area contributed by atoms with Gasteiger partial charge in [-0.15, -0.1) is 12.6 Å². The summed E-state index contributed by atoms with van der Waals surface area (Å²) in [4.78, 5) is 4.38. The van der Waals surface area contributed by atoms with Gasteiger partial charge >= 0.3 is 0 Å². The van der Waals surface area contributed by atoms with Crippen molar-refractivity contribution in [1.82, 2.24) is 0 Å². The van der Waals surface area contributed by atoms with E-state index in [-0.39, 0.29) is 0 Å². The van der Waals surface area contributed by atoms with Gasteiger partial charge in [0.2, 0.25) is 0 Å². The predicted octanol–water partition coefficient (Wildman–Crippen LogP) is 5.64. The molecule has 0 atom stereocenters. The maximum absolute atomic E-state index is 6.08. The van der Waals surface area contributed by atoms with Gasteiger partial charge in [-0.05, 0) is 18.2 Å². The molecule has 104 valence electrons. The first-order valence-corrected chi connectivity index (χ1v) is 7.23. The highest BCUT2D eigenvalue weighted by atomic mass is 35.5. The van der Waals surface area contributed by atoms with Crippen LogP contribution in [0.1, 0.15) is 5.56 Å². The van der Waals surface area contributed by atoms with Gasteiger partial charge in [0.25, 0.3) is 0 Å². The van der Waals surface area contributed by atoms with Crippen LogP contribution in [0.25, 0.3) is 11.3 Å². The zero-order valence-electron chi connectivity index (χ0n) is 11.0. The smallest absolute Gasteiger partial charge is 0.166 e. The number of para-hydroxylation sites is 1. The van der Waals surface area contributed by atoms with E-state index in [1.54, 1.807) is 12.3 Å². The van der Waals surface area contributed by atoms with Gasteiger partial charge < -0.3 is 4.42 Å². The van der Waals surface area contributed by atoms with Crippen LogP contribution in [0.15, 0.2) is 75.2 Å². The van der Waals surface area contributed by atoms with E-state index in [4.69, 9.17) is 16.0 Å². The van der Waals surface area contributed by atoms with E-state index in [1.165, 1.54) is 0 Å². The fourth-order valence-electron chi connectivity index (χ4n) is 1.93. The summed E-state index contributed by atoms with van der Waals surface area (Å²) in [6.07, 6.45) is 1.71. The number of hydrogen-bond acceptors (Lipinski definition) is 3. The van der Waals surface area contributed by atoms with Crippen LogP contribution in [-0.2, 0) is 0 Å². The van der Waals surface area contributed by atoms with Gasteiger partial charge in [0.05, 0.1) is 10.7 Å². The largest absolute Gasteiger partial charge is 0.449 e. The van der Waals surface area contributed by atoms with Crippen molar-refractivity contribution in [2.24, 2.45) is 4.99 Å². The molecule has 1 heterocycles. The van der Waals surface area contributed by atoms with Crippen molar-refractivity contribution >= 4 is 36.1 Å². The minimum absolute atomic E-state index is 0.532. The fourth-order valence-corrected chi connectivity index (χ4v) is 2.33. The SMILES string of the molecule is Sc1oc(-c2ccccc2)cc1C=Nc1ccccc1Cl. The van der Waals surface area contributed by atoms with E-state index in [1.807, 2.05) is 54.6 Å². The summed E-state index contributed by atoms with van der Waals surface area (Å²) < 4.78 is 5.66. The normalized spacial score (nSPS) is 11.1. The maximum Gasteiger partial charge on any atom is 0.166 e. The first-order chi connectivity index (χ1) is 10.2. The zero-order chi connectivity index (χ0) is 14.7. The first-order valence-electron chi connectivity index (χ1n) is 6.41. The van der Waals surface area contributed by atoms with Crippen molar-refractivity contribution in [1.29, 1.82) is 0 Å². The van der Waals surface area contributed by atoms with Crippen molar-refractivity contribution in [2.45, 2.75) is 5.09 Å². The molecule has 0 unspecified atom stereocenters. The third kappa shape index (κ3) is 3.20. The Morgan fingerprint density at radius 1 is 1.00 bits per heavy atom. The summed E-state index contributed by atoms with van der Waals surface area (Å²) >= 11 is 10.4. The molecule has 3 rings (SSSR count). The molecule has 2 aromatic carbocycles. The zero-order valence-corrected chi connectivity index (χ0v) is 12.7. The highest BCUT2D eigenvalue weighted by molar-refractivity contribution is 7.80. The summed E-state index contributed by atoms with van der Waals surface area (Å²) in [6, 6.07) is 19.2. The van der Waals surface area contributed by atoms with Gasteiger partial charge in [-0.25, -0.2) is 0 Å². The first kappa shape index (κ1) is 14.0. The molecule has 0 bridgehead atoms. The summed E-state index contributed by atoms with van der Waals surface area (Å²) in [5, 5.41) is 1.14. The number of thiol groups is 1. The van der Waals surface area contributed by atoms with Crippen LogP contribution >= 0.6 is 24.2 Å². The lowest BCUT2D eigenvalue weighted by Crippen LogP contribution is -1.77. The second-order valence-electron chi connectivity index (χ2n) is 4.45. The van der Waals surface area contributed by atoms with Crippen LogP contribution < -0.4 is 0 Å². The Balaban J connectivity index is 1.91. The molecule has 21 heavy (non-hydrogen) atoms. The van der Waals surface area contributed by atoms with Gasteiger partial charge in [-0.1, -0.05) is 54.1 Å². The van der Waals surface area contributed by atoms with Crippen LogP contribution in [0.4, 0.5) is 5.69 Å². The van der Waals surface area contributed by atoms with Gasteiger partial charge in [0.15, 0.2) is 5.09 Å². The standard InChI is InChI=1S/C17H12ClNOS/c18-14-8-4-5-9-15(14)19-11-13-10-16(20-17(13)21)12-6-2-1-3-7-12/h1-11,21H. The molecule has 2 nitrogen and oxygen atoms in total. The Morgan fingerprint density at radius 3 is 2.48 bits per heavy atom. The van der Waals surface area contributed by atoms with Crippen molar-refractivity contribution in [3.63, 3.8) is 0 Å². The van der Waals surface area contributed by atoms with Crippen LogP contribution in [0.2, 0.25) is 5.02 Å². The van der Waals surface area contributed by atoms with E-state index in [0.29, 0.717) is 10.1 Å². The molecule has 0 radical (unpaired) electrons. The Morgan fingerprint density at radius 2 is 1.71 bits per heavy atom. The van der Waals surface area contributed by atoms with Crippen molar-refractivity contribution in [3.8, 4) is 11.3 Å². The van der Waals surface area contributed by atoms with Crippen molar-refractivity contribution < 1.29 is 4.42 Å². The van der Waals surface area contributed by atoms with Crippen LogP contribution in [0, 0.1) is 0 Å². The second-order valence-corrected chi connectivity index (χ2v) is 5.26. The summed E-state index contributed by atoms with van der Waals surface area (Å²) in [6.45, 7) is 0. The van der Waals surface area contributed by atoms with Crippen molar-refractivity contribution in [3.05, 3.63) is 71.2 Å². The van der Waals surface area contributed by atoms with E-state index in [0.717, 1.165) is 22.6 Å². The number of nitrogens with zero attached hydrogens (tertiary/aromatic N) is 1. The van der Waals surface area contributed by atoms with E-state index in [9.17, 15) is 0 Å². The Labute approximate surface area is 133 Å². The number of benzene rings is 2. The molecule has 0 spiro atoms. The lowest BCUT2D eigenvalue weighted by atomic mass is 10.1. The third-order valence-electron chi connectivity index (χ3n) is 2.99. The lowest BCUT2D eigenvalue weighted by molar-refractivity contribution is 0.489. The molecule has 0 aliphatic rings. The van der Waals surface area contributed by atoms with Gasteiger partial charge in [-0.3, -0.25) is 4.99 Å². The number of halogens is 1. The molecular formula is C17H12ClNOS. The third-order valence-corrected chi connectivity index (χ3v) is 3.66. The lowest BCUT2D eigenvalue weighted by Gasteiger charge is -1.95. The summed E-state index contributed by atoms with van der Waals surface area (Å²) in [7, 11) is 0. The number of furan rings is 1. The predicted molar refractivity (Wildman–Crippen MR) is 90.1 cm³/mol. The molecule has 0 aliphatic heterocycles. The van der Waals surface area contributed by atoms with Crippen molar-refractivity contribution in [2.75, 3.05) is 0 Å². The average molecular weight is 314 g/mol. The molecule has 0 amide bonds. The van der Waals surface area contributed by atoms with E-state index in [2.05, 4.69) is 17.6 Å². The highest BCUT2D eigenvalue weighted by Crippen LogP contribution is 2.28. The Hall–Kier alpha value is -1.97. The highest BCUT2D eigenvalue weighted by Gasteiger charge is 2.08. The van der Waals surface area contributed by atoms with Gasteiger partial charge in [0, 0.05) is 17.3 Å². The number of aliphatic imine (C=N–C) groups is 1. The molecule has 0 fully saturated rings. The molecule has 0 saturated carbocycles. The van der Waals surface area contributed by atoms with Gasteiger partial charge in [-0.2, -0.15) is 0 Å². The Bertz CT molecular complexity index is 780. The fraction of sp³-hybridized carbons (Fsp3) is 0. The van der Waals surface area contributed by atoms with Gasteiger partial charge in [0.1, 0.15) is 5.76 Å². The average Bonchev–Trinajstić information content (AvgIpc) is 2.89. The van der Waals surface area contributed by atoms with Crippen LogP contribution in [-0.4, -0.2) is 6.21 Å². The van der Waals surface area contributed by atoms with Crippen LogP contribution in [0.5, 0.6) is 0 Å².